The molecule has 0 N–H and O–H groups in total. The van der Waals surface area contributed by atoms with Crippen LogP contribution in [0.15, 0.2) is 60.7 Å². The number of aryl methyl sites for hydroxylation is 1. The highest BCUT2D eigenvalue weighted by molar-refractivity contribution is 7.15. The van der Waals surface area contributed by atoms with Gasteiger partial charge in [-0.05, 0) is 53.8 Å². The molecule has 0 aliphatic carbocycles. The van der Waals surface area contributed by atoms with Crippen LogP contribution in [0.2, 0.25) is 0 Å². The van der Waals surface area contributed by atoms with Crippen LogP contribution in [0.3, 0.4) is 0 Å². The van der Waals surface area contributed by atoms with Crippen molar-refractivity contribution in [1.29, 1.82) is 0 Å². The number of benzene rings is 2. The average Bonchev–Trinajstić information content (AvgIpc) is 3.25. The lowest BCUT2D eigenvalue weighted by Gasteiger charge is -2.08. The molecule has 1 heterocycles. The minimum atomic E-state index is 0.822. The van der Waals surface area contributed by atoms with E-state index in [2.05, 4.69) is 74.5 Å². The van der Waals surface area contributed by atoms with E-state index < -0.39 is 0 Å². The Kier molecular flexibility index (Phi) is 9.50. The molecule has 0 unspecified atom stereocenters. The predicted octanol–water partition coefficient (Wildman–Crippen LogP) is 9.16. The van der Waals surface area contributed by atoms with Crippen LogP contribution >= 0.6 is 11.3 Å². The van der Waals surface area contributed by atoms with Crippen molar-refractivity contribution in [1.82, 2.24) is 0 Å². The minimum Gasteiger partial charge on any atom is -0.494 e. The van der Waals surface area contributed by atoms with Crippen LogP contribution < -0.4 is 4.74 Å². The molecule has 0 aliphatic rings. The Hall–Kier alpha value is -2.06. The normalized spacial score (nSPS) is 11.0. The summed E-state index contributed by atoms with van der Waals surface area (Å²) in [6.45, 7) is 5.32. The smallest absolute Gasteiger partial charge is 0.119 e. The Morgan fingerprint density at radius 3 is 1.87 bits per heavy atom. The van der Waals surface area contributed by atoms with Gasteiger partial charge in [0, 0.05) is 9.75 Å². The number of hydrogen-bond acceptors (Lipinski definition) is 2. The molecule has 3 rings (SSSR count). The van der Waals surface area contributed by atoms with Crippen molar-refractivity contribution >= 4 is 11.3 Å². The molecule has 0 radical (unpaired) electrons. The zero-order chi connectivity index (χ0) is 21.0. The van der Waals surface area contributed by atoms with Crippen molar-refractivity contribution in [3.8, 4) is 27.3 Å². The SMILES string of the molecule is CCCCCCCCCOc1ccc(-c2ccc(-c3ccc(CCC)s3)cc2)cc1. The molecule has 0 aliphatic heterocycles. The van der Waals surface area contributed by atoms with E-state index in [1.165, 1.54) is 77.8 Å². The highest BCUT2D eigenvalue weighted by atomic mass is 32.1. The van der Waals surface area contributed by atoms with Crippen molar-refractivity contribution in [2.45, 2.75) is 71.6 Å². The molecule has 0 saturated heterocycles. The summed E-state index contributed by atoms with van der Waals surface area (Å²) in [4.78, 5) is 2.84. The molecular weight excluding hydrogens is 384 g/mol. The van der Waals surface area contributed by atoms with Gasteiger partial charge < -0.3 is 4.74 Å². The molecule has 0 saturated carbocycles. The number of unbranched alkanes of at least 4 members (excludes halogenated alkanes) is 6. The fraction of sp³-hybridized carbons (Fsp3) is 0.429. The first-order valence-electron chi connectivity index (χ1n) is 11.7. The second-order valence-electron chi connectivity index (χ2n) is 8.09. The van der Waals surface area contributed by atoms with E-state index in [0.29, 0.717) is 0 Å². The summed E-state index contributed by atoms with van der Waals surface area (Å²) < 4.78 is 5.93. The first-order valence-corrected chi connectivity index (χ1v) is 12.5. The second kappa shape index (κ2) is 12.6. The molecule has 0 amide bonds. The topological polar surface area (TPSA) is 9.23 Å². The van der Waals surface area contributed by atoms with Gasteiger partial charge in [-0.25, -0.2) is 0 Å². The van der Waals surface area contributed by atoms with Gasteiger partial charge in [0.25, 0.3) is 0 Å². The zero-order valence-corrected chi connectivity index (χ0v) is 19.5. The molecular formula is C28H36OS. The van der Waals surface area contributed by atoms with Crippen LogP contribution in [0.5, 0.6) is 5.75 Å². The van der Waals surface area contributed by atoms with Crippen LogP contribution in [0.1, 0.15) is 70.1 Å². The molecule has 0 bridgehead atoms. The highest BCUT2D eigenvalue weighted by Crippen LogP contribution is 2.31. The largest absolute Gasteiger partial charge is 0.494 e. The quantitative estimate of drug-likeness (QED) is 0.250. The van der Waals surface area contributed by atoms with Gasteiger partial charge in [0.2, 0.25) is 0 Å². The van der Waals surface area contributed by atoms with E-state index in [9.17, 15) is 0 Å². The van der Waals surface area contributed by atoms with E-state index >= 15 is 0 Å². The van der Waals surface area contributed by atoms with Gasteiger partial charge in [-0.2, -0.15) is 0 Å². The number of thiophene rings is 1. The average molecular weight is 421 g/mol. The molecule has 0 fully saturated rings. The van der Waals surface area contributed by atoms with Gasteiger partial charge in [0.05, 0.1) is 6.61 Å². The van der Waals surface area contributed by atoms with Gasteiger partial charge >= 0.3 is 0 Å². The standard InChI is InChI=1S/C28H36OS/c1-3-5-6-7-8-9-10-22-29-26-18-16-24(17-19-26)23-12-14-25(15-13-23)28-21-20-27(30-28)11-4-2/h12-21H,3-11,22H2,1-2H3. The maximum atomic E-state index is 5.93. The Morgan fingerprint density at radius 2 is 1.20 bits per heavy atom. The minimum absolute atomic E-state index is 0.822. The van der Waals surface area contributed by atoms with Crippen molar-refractivity contribution in [3.63, 3.8) is 0 Å². The molecule has 1 nitrogen and oxygen atoms in total. The Bertz CT molecular complexity index is 845. The Labute approximate surface area is 187 Å². The Balaban J connectivity index is 1.46. The first-order chi connectivity index (χ1) is 14.8. The fourth-order valence-electron chi connectivity index (χ4n) is 3.73. The lowest BCUT2D eigenvalue weighted by molar-refractivity contribution is 0.304. The molecule has 2 heteroatoms. The van der Waals surface area contributed by atoms with Crippen molar-refractivity contribution in [2.75, 3.05) is 6.61 Å². The second-order valence-corrected chi connectivity index (χ2v) is 9.26. The number of rotatable bonds is 13. The van der Waals surface area contributed by atoms with Crippen LogP contribution in [-0.4, -0.2) is 6.61 Å². The summed E-state index contributed by atoms with van der Waals surface area (Å²) in [5, 5.41) is 0. The molecule has 2 aromatic carbocycles. The molecule has 0 atom stereocenters. The van der Waals surface area contributed by atoms with Crippen molar-refractivity contribution < 1.29 is 4.74 Å². The molecule has 30 heavy (non-hydrogen) atoms. The van der Waals surface area contributed by atoms with Crippen molar-refractivity contribution in [2.24, 2.45) is 0 Å². The Morgan fingerprint density at radius 1 is 0.600 bits per heavy atom. The van der Waals surface area contributed by atoms with Crippen LogP contribution in [0.4, 0.5) is 0 Å². The fourth-order valence-corrected chi connectivity index (χ4v) is 4.85. The van der Waals surface area contributed by atoms with Gasteiger partial charge in [-0.3, -0.25) is 0 Å². The molecule has 1 aromatic heterocycles. The lowest BCUT2D eigenvalue weighted by atomic mass is 10.0. The van der Waals surface area contributed by atoms with E-state index in [-0.39, 0.29) is 0 Å². The lowest BCUT2D eigenvalue weighted by Crippen LogP contribution is -1.97. The molecule has 0 spiro atoms. The summed E-state index contributed by atoms with van der Waals surface area (Å²) in [5.41, 5.74) is 3.80. The highest BCUT2D eigenvalue weighted by Gasteiger charge is 2.04. The first kappa shape index (κ1) is 22.6. The third-order valence-corrected chi connectivity index (χ3v) is 6.73. The summed E-state index contributed by atoms with van der Waals surface area (Å²) in [6.07, 6.45) is 11.6. The van der Waals surface area contributed by atoms with E-state index in [1.807, 2.05) is 11.3 Å². The van der Waals surface area contributed by atoms with Gasteiger partial charge in [-0.15, -0.1) is 11.3 Å². The summed E-state index contributed by atoms with van der Waals surface area (Å²) in [5.74, 6) is 0.975. The third kappa shape index (κ3) is 7.02. The monoisotopic (exact) mass is 420 g/mol. The maximum absolute atomic E-state index is 5.93. The van der Waals surface area contributed by atoms with Gasteiger partial charge in [-0.1, -0.05) is 95.2 Å². The maximum Gasteiger partial charge on any atom is 0.119 e. The summed E-state index contributed by atoms with van der Waals surface area (Å²) in [7, 11) is 0. The van der Waals surface area contributed by atoms with Gasteiger partial charge in [0.15, 0.2) is 0 Å². The number of ether oxygens (including phenoxy) is 1. The van der Waals surface area contributed by atoms with Crippen LogP contribution in [0, 0.1) is 0 Å². The number of hydrogen-bond donors (Lipinski definition) is 0. The molecule has 160 valence electrons. The van der Waals surface area contributed by atoms with Crippen molar-refractivity contribution in [3.05, 3.63) is 65.5 Å². The van der Waals surface area contributed by atoms with Gasteiger partial charge in [0.1, 0.15) is 5.75 Å². The van der Waals surface area contributed by atoms with E-state index in [1.54, 1.807) is 0 Å². The van der Waals surface area contributed by atoms with E-state index in [0.717, 1.165) is 18.8 Å². The van der Waals surface area contributed by atoms with E-state index in [4.69, 9.17) is 4.74 Å². The summed E-state index contributed by atoms with van der Waals surface area (Å²) >= 11 is 1.91. The summed E-state index contributed by atoms with van der Waals surface area (Å²) in [6, 6.07) is 22.0. The molecule has 3 aromatic rings. The zero-order valence-electron chi connectivity index (χ0n) is 18.7. The third-order valence-electron chi connectivity index (χ3n) is 5.53. The predicted molar refractivity (Wildman–Crippen MR) is 133 cm³/mol. The van der Waals surface area contributed by atoms with Crippen LogP contribution in [-0.2, 0) is 6.42 Å². The van der Waals surface area contributed by atoms with Crippen LogP contribution in [0.25, 0.3) is 21.6 Å².